The van der Waals surface area contributed by atoms with Gasteiger partial charge in [0.25, 0.3) is 5.91 Å². The Morgan fingerprint density at radius 1 is 1.29 bits per heavy atom. The van der Waals surface area contributed by atoms with E-state index in [0.29, 0.717) is 17.5 Å². The SMILES string of the molecule is O=C(c1ccc(F)cc1Cl)N1CCC(C2CCCN2)CC1. The maximum atomic E-state index is 13.1. The molecule has 1 aromatic carbocycles. The maximum absolute atomic E-state index is 13.1. The molecule has 1 amide bonds. The van der Waals surface area contributed by atoms with Crippen molar-refractivity contribution in [3.05, 3.63) is 34.6 Å². The van der Waals surface area contributed by atoms with Crippen LogP contribution >= 0.6 is 11.6 Å². The van der Waals surface area contributed by atoms with Crippen LogP contribution in [0.1, 0.15) is 36.0 Å². The van der Waals surface area contributed by atoms with Crippen molar-refractivity contribution in [2.24, 2.45) is 5.92 Å². The van der Waals surface area contributed by atoms with E-state index in [1.165, 1.54) is 31.0 Å². The minimum Gasteiger partial charge on any atom is -0.339 e. The molecule has 0 spiro atoms. The first-order valence-electron chi connectivity index (χ1n) is 7.63. The monoisotopic (exact) mass is 310 g/mol. The Kier molecular flexibility index (Phi) is 4.45. The van der Waals surface area contributed by atoms with E-state index in [1.54, 1.807) is 0 Å². The molecule has 1 aromatic rings. The van der Waals surface area contributed by atoms with Gasteiger partial charge in [0.05, 0.1) is 10.6 Å². The molecule has 2 heterocycles. The third-order valence-electron chi connectivity index (χ3n) is 4.66. The summed E-state index contributed by atoms with van der Waals surface area (Å²) < 4.78 is 13.1. The first kappa shape index (κ1) is 14.8. The number of hydrogen-bond donors (Lipinski definition) is 1. The van der Waals surface area contributed by atoms with Crippen molar-refractivity contribution in [1.82, 2.24) is 10.2 Å². The Morgan fingerprint density at radius 2 is 2.05 bits per heavy atom. The number of likely N-dealkylation sites (tertiary alicyclic amines) is 1. The quantitative estimate of drug-likeness (QED) is 0.910. The average molecular weight is 311 g/mol. The predicted octanol–water partition coefficient (Wildman–Crippen LogP) is 3.08. The average Bonchev–Trinajstić information content (AvgIpc) is 3.01. The summed E-state index contributed by atoms with van der Waals surface area (Å²) in [6.45, 7) is 2.64. The number of hydrogen-bond acceptors (Lipinski definition) is 2. The van der Waals surface area contributed by atoms with Crippen LogP contribution in [0.2, 0.25) is 5.02 Å². The molecule has 5 heteroatoms. The molecule has 3 rings (SSSR count). The maximum Gasteiger partial charge on any atom is 0.255 e. The van der Waals surface area contributed by atoms with Gasteiger partial charge in [0.1, 0.15) is 5.82 Å². The fraction of sp³-hybridized carbons (Fsp3) is 0.562. The van der Waals surface area contributed by atoms with Gasteiger partial charge in [0.15, 0.2) is 0 Å². The van der Waals surface area contributed by atoms with E-state index in [4.69, 9.17) is 11.6 Å². The molecule has 1 unspecified atom stereocenters. The molecular formula is C16H20ClFN2O. The number of nitrogens with zero attached hydrogens (tertiary/aromatic N) is 1. The molecule has 0 aromatic heterocycles. The van der Waals surface area contributed by atoms with E-state index in [9.17, 15) is 9.18 Å². The van der Waals surface area contributed by atoms with Gasteiger partial charge in [-0.05, 0) is 56.3 Å². The molecule has 0 aliphatic carbocycles. The van der Waals surface area contributed by atoms with Crippen LogP contribution in [0, 0.1) is 11.7 Å². The normalized spacial score (nSPS) is 23.5. The first-order chi connectivity index (χ1) is 10.1. The molecule has 2 aliphatic rings. The zero-order valence-corrected chi connectivity index (χ0v) is 12.7. The number of carbonyl (C=O) groups is 1. The van der Waals surface area contributed by atoms with Crippen LogP contribution in [0.5, 0.6) is 0 Å². The van der Waals surface area contributed by atoms with Gasteiger partial charge < -0.3 is 10.2 Å². The Balaban J connectivity index is 1.62. The fourth-order valence-corrected chi connectivity index (χ4v) is 3.70. The Bertz CT molecular complexity index is 523. The lowest BCUT2D eigenvalue weighted by Gasteiger charge is -2.35. The Morgan fingerprint density at radius 3 is 2.67 bits per heavy atom. The van der Waals surface area contributed by atoms with Gasteiger partial charge in [0, 0.05) is 19.1 Å². The number of rotatable bonds is 2. The molecule has 1 atom stereocenters. The summed E-state index contributed by atoms with van der Waals surface area (Å²) in [6.07, 6.45) is 4.57. The number of piperidine rings is 1. The van der Waals surface area contributed by atoms with Gasteiger partial charge in [-0.25, -0.2) is 4.39 Å². The highest BCUT2D eigenvalue weighted by molar-refractivity contribution is 6.33. The summed E-state index contributed by atoms with van der Waals surface area (Å²) in [5, 5.41) is 3.75. The highest BCUT2D eigenvalue weighted by Crippen LogP contribution is 2.27. The molecule has 3 nitrogen and oxygen atoms in total. The van der Waals surface area contributed by atoms with Crippen LogP contribution in [0.3, 0.4) is 0 Å². The molecule has 1 N–H and O–H groups in total. The van der Waals surface area contributed by atoms with Crippen LogP contribution < -0.4 is 5.32 Å². The summed E-state index contributed by atoms with van der Waals surface area (Å²) in [7, 11) is 0. The van der Waals surface area contributed by atoms with Crippen molar-refractivity contribution < 1.29 is 9.18 Å². The topological polar surface area (TPSA) is 32.3 Å². The standard InChI is InChI=1S/C16H20ClFN2O/c17-14-10-12(18)3-4-13(14)16(21)20-8-5-11(6-9-20)15-2-1-7-19-15/h3-4,10-11,15,19H,1-2,5-9H2. The highest BCUT2D eigenvalue weighted by Gasteiger charge is 2.30. The third-order valence-corrected chi connectivity index (χ3v) is 4.97. The van der Waals surface area contributed by atoms with Gasteiger partial charge in [-0.3, -0.25) is 4.79 Å². The smallest absolute Gasteiger partial charge is 0.255 e. The summed E-state index contributed by atoms with van der Waals surface area (Å²) in [5.41, 5.74) is 0.399. The zero-order valence-electron chi connectivity index (χ0n) is 11.9. The summed E-state index contributed by atoms with van der Waals surface area (Å²) in [6, 6.07) is 4.58. The van der Waals surface area contributed by atoms with Crippen LogP contribution in [0.25, 0.3) is 0 Å². The van der Waals surface area contributed by atoms with Crippen molar-refractivity contribution >= 4 is 17.5 Å². The molecule has 0 bridgehead atoms. The lowest BCUT2D eigenvalue weighted by Crippen LogP contribution is -2.43. The number of benzene rings is 1. The van der Waals surface area contributed by atoms with E-state index in [0.717, 1.165) is 32.5 Å². The highest BCUT2D eigenvalue weighted by atomic mass is 35.5. The molecule has 2 aliphatic heterocycles. The Labute approximate surface area is 129 Å². The van der Waals surface area contributed by atoms with Gasteiger partial charge in [-0.2, -0.15) is 0 Å². The van der Waals surface area contributed by atoms with Gasteiger partial charge in [-0.15, -0.1) is 0 Å². The second-order valence-electron chi connectivity index (χ2n) is 5.96. The van der Waals surface area contributed by atoms with E-state index in [-0.39, 0.29) is 10.9 Å². The van der Waals surface area contributed by atoms with E-state index in [2.05, 4.69) is 5.32 Å². The lowest BCUT2D eigenvalue weighted by molar-refractivity contribution is 0.0674. The molecule has 2 saturated heterocycles. The van der Waals surface area contributed by atoms with Gasteiger partial charge >= 0.3 is 0 Å². The summed E-state index contributed by atoms with van der Waals surface area (Å²) in [4.78, 5) is 14.3. The lowest BCUT2D eigenvalue weighted by atomic mass is 9.88. The minimum atomic E-state index is -0.414. The molecule has 21 heavy (non-hydrogen) atoms. The number of nitrogens with one attached hydrogen (secondary N) is 1. The van der Waals surface area contributed by atoms with Gasteiger partial charge in [-0.1, -0.05) is 11.6 Å². The van der Waals surface area contributed by atoms with Crippen molar-refractivity contribution in [2.75, 3.05) is 19.6 Å². The Hall–Kier alpha value is -1.13. The molecule has 0 radical (unpaired) electrons. The number of amides is 1. The van der Waals surface area contributed by atoms with Crippen molar-refractivity contribution in [2.45, 2.75) is 31.7 Å². The van der Waals surface area contributed by atoms with Crippen LogP contribution in [0.4, 0.5) is 4.39 Å². The van der Waals surface area contributed by atoms with E-state index >= 15 is 0 Å². The van der Waals surface area contributed by atoms with E-state index in [1.807, 2.05) is 4.90 Å². The predicted molar refractivity (Wildman–Crippen MR) is 81.1 cm³/mol. The molecule has 2 fully saturated rings. The number of carbonyl (C=O) groups excluding carboxylic acids is 1. The van der Waals surface area contributed by atoms with Crippen molar-refractivity contribution in [1.29, 1.82) is 0 Å². The second-order valence-corrected chi connectivity index (χ2v) is 6.36. The van der Waals surface area contributed by atoms with Gasteiger partial charge in [0.2, 0.25) is 0 Å². The first-order valence-corrected chi connectivity index (χ1v) is 8.00. The van der Waals surface area contributed by atoms with Crippen LogP contribution in [-0.4, -0.2) is 36.5 Å². The number of halogens is 2. The summed E-state index contributed by atoms with van der Waals surface area (Å²) in [5.74, 6) is 0.167. The second kappa shape index (κ2) is 6.32. The molecular weight excluding hydrogens is 291 g/mol. The zero-order chi connectivity index (χ0) is 14.8. The molecule has 114 valence electrons. The van der Waals surface area contributed by atoms with Crippen LogP contribution in [0.15, 0.2) is 18.2 Å². The third kappa shape index (κ3) is 3.22. The van der Waals surface area contributed by atoms with E-state index < -0.39 is 5.82 Å². The van der Waals surface area contributed by atoms with Crippen molar-refractivity contribution in [3.8, 4) is 0 Å². The minimum absolute atomic E-state index is 0.0853. The summed E-state index contributed by atoms with van der Waals surface area (Å²) >= 11 is 5.98. The molecule has 0 saturated carbocycles. The van der Waals surface area contributed by atoms with Crippen molar-refractivity contribution in [3.63, 3.8) is 0 Å². The van der Waals surface area contributed by atoms with Crippen LogP contribution in [-0.2, 0) is 0 Å². The fourth-order valence-electron chi connectivity index (χ4n) is 3.45. The largest absolute Gasteiger partial charge is 0.339 e.